The van der Waals surface area contributed by atoms with E-state index in [1.54, 1.807) is 0 Å². The van der Waals surface area contributed by atoms with Gasteiger partial charge in [-0.1, -0.05) is 49.1 Å². The molecule has 0 radical (unpaired) electrons. The van der Waals surface area contributed by atoms with Crippen molar-refractivity contribution in [3.63, 3.8) is 0 Å². The van der Waals surface area contributed by atoms with Gasteiger partial charge in [0.25, 0.3) is 0 Å². The van der Waals surface area contributed by atoms with E-state index in [1.165, 1.54) is 33.4 Å². The Labute approximate surface area is 96.3 Å². The van der Waals surface area contributed by atoms with Crippen LogP contribution >= 0.6 is 0 Å². The van der Waals surface area contributed by atoms with E-state index in [-0.39, 0.29) is 0 Å². The Bertz CT molecular complexity index is 577. The molecule has 0 aliphatic heterocycles. The van der Waals surface area contributed by atoms with Crippen molar-refractivity contribution >= 4 is 6.08 Å². The van der Waals surface area contributed by atoms with Gasteiger partial charge in [0.15, 0.2) is 0 Å². The fraction of sp³-hybridized carbons (Fsp3) is 0.125. The minimum absolute atomic E-state index is 1.06. The number of hydrogen-bond donors (Lipinski definition) is 0. The van der Waals surface area contributed by atoms with Gasteiger partial charge >= 0.3 is 0 Å². The monoisotopic (exact) mass is 206 g/mol. The molecule has 0 heterocycles. The van der Waals surface area contributed by atoms with E-state index in [9.17, 15) is 0 Å². The van der Waals surface area contributed by atoms with Crippen LogP contribution in [-0.4, -0.2) is 0 Å². The maximum Gasteiger partial charge on any atom is -0.00131 e. The zero-order valence-corrected chi connectivity index (χ0v) is 9.46. The van der Waals surface area contributed by atoms with E-state index < -0.39 is 0 Å². The second-order valence-electron chi connectivity index (χ2n) is 4.41. The zero-order chi connectivity index (χ0) is 11.1. The fourth-order valence-corrected chi connectivity index (χ4v) is 2.60. The Morgan fingerprint density at radius 3 is 2.81 bits per heavy atom. The van der Waals surface area contributed by atoms with Gasteiger partial charge in [-0.15, -0.1) is 0 Å². The number of fused-ring (bicyclic) bond motifs is 3. The van der Waals surface area contributed by atoms with Crippen LogP contribution in [0.4, 0.5) is 0 Å². The molecule has 0 atom stereocenters. The molecule has 0 saturated heterocycles. The number of rotatable bonds is 1. The highest BCUT2D eigenvalue weighted by atomic mass is 14.2. The first-order valence-corrected chi connectivity index (χ1v) is 5.64. The van der Waals surface area contributed by atoms with Crippen molar-refractivity contribution in [2.45, 2.75) is 13.3 Å². The van der Waals surface area contributed by atoms with Crippen LogP contribution in [0.1, 0.15) is 22.3 Å². The van der Waals surface area contributed by atoms with Gasteiger partial charge in [0.1, 0.15) is 0 Å². The lowest BCUT2D eigenvalue weighted by molar-refractivity contribution is 1.25. The molecule has 16 heavy (non-hydrogen) atoms. The molecule has 2 aromatic carbocycles. The summed E-state index contributed by atoms with van der Waals surface area (Å²) >= 11 is 0. The number of hydrogen-bond acceptors (Lipinski definition) is 0. The molecular formula is C16H14. The summed E-state index contributed by atoms with van der Waals surface area (Å²) in [6.07, 6.45) is 2.98. The van der Waals surface area contributed by atoms with E-state index in [0.717, 1.165) is 6.42 Å². The van der Waals surface area contributed by atoms with Crippen molar-refractivity contribution < 1.29 is 0 Å². The van der Waals surface area contributed by atoms with E-state index in [0.29, 0.717) is 0 Å². The second kappa shape index (κ2) is 3.34. The van der Waals surface area contributed by atoms with Gasteiger partial charge in [-0.05, 0) is 46.7 Å². The first-order chi connectivity index (χ1) is 7.79. The number of benzene rings is 2. The molecule has 0 fully saturated rings. The van der Waals surface area contributed by atoms with Gasteiger partial charge in [-0.3, -0.25) is 0 Å². The highest BCUT2D eigenvalue weighted by molar-refractivity contribution is 5.80. The molecule has 3 rings (SSSR count). The van der Waals surface area contributed by atoms with Crippen molar-refractivity contribution in [2.24, 2.45) is 0 Å². The van der Waals surface area contributed by atoms with E-state index in [1.807, 2.05) is 6.08 Å². The highest BCUT2D eigenvalue weighted by Gasteiger charge is 2.19. The Kier molecular flexibility index (Phi) is 1.97. The molecule has 0 bridgehead atoms. The quantitative estimate of drug-likeness (QED) is 0.559. The van der Waals surface area contributed by atoms with Crippen LogP contribution in [0.15, 0.2) is 43.0 Å². The van der Waals surface area contributed by atoms with Crippen LogP contribution in [0.25, 0.3) is 17.2 Å². The van der Waals surface area contributed by atoms with Crippen LogP contribution in [0.3, 0.4) is 0 Å². The molecule has 0 unspecified atom stereocenters. The Hall–Kier alpha value is -1.82. The van der Waals surface area contributed by atoms with Gasteiger partial charge < -0.3 is 0 Å². The van der Waals surface area contributed by atoms with Gasteiger partial charge in [0, 0.05) is 0 Å². The van der Waals surface area contributed by atoms with Crippen LogP contribution < -0.4 is 0 Å². The normalized spacial score (nSPS) is 12.1. The van der Waals surface area contributed by atoms with Crippen molar-refractivity contribution in [2.75, 3.05) is 0 Å². The molecule has 78 valence electrons. The van der Waals surface area contributed by atoms with Gasteiger partial charge in [0.2, 0.25) is 0 Å². The first-order valence-electron chi connectivity index (χ1n) is 5.64. The molecule has 0 saturated carbocycles. The average molecular weight is 206 g/mol. The summed E-state index contributed by atoms with van der Waals surface area (Å²) in [6, 6.07) is 13.2. The molecule has 0 nitrogen and oxygen atoms in total. The van der Waals surface area contributed by atoms with Gasteiger partial charge in [-0.2, -0.15) is 0 Å². The summed E-state index contributed by atoms with van der Waals surface area (Å²) in [5.41, 5.74) is 8.32. The third-order valence-corrected chi connectivity index (χ3v) is 3.37. The Morgan fingerprint density at radius 2 is 2.00 bits per heavy atom. The topological polar surface area (TPSA) is 0 Å². The molecular weight excluding hydrogens is 192 g/mol. The van der Waals surface area contributed by atoms with Gasteiger partial charge in [-0.25, -0.2) is 0 Å². The average Bonchev–Trinajstić information content (AvgIpc) is 2.67. The molecule has 0 N–H and O–H groups in total. The maximum absolute atomic E-state index is 3.82. The molecule has 1 aliphatic carbocycles. The molecule has 0 amide bonds. The second-order valence-corrected chi connectivity index (χ2v) is 4.41. The maximum atomic E-state index is 3.82. The predicted octanol–water partition coefficient (Wildman–Crippen LogP) is 4.21. The summed E-state index contributed by atoms with van der Waals surface area (Å²) in [7, 11) is 0. The first kappa shape index (κ1) is 9.41. The number of aryl methyl sites for hydroxylation is 1. The standard InChI is InChI=1S/C16H14/c1-3-12-7-8-15-14(9-12)10-13-6-4-5-11(2)16(13)15/h3-9H,1,10H2,2H3. The minimum Gasteiger partial charge on any atom is -0.0985 e. The SMILES string of the molecule is C=Cc1ccc2c(c1)Cc1cccc(C)c1-2. The summed E-state index contributed by atoms with van der Waals surface area (Å²) in [5, 5.41) is 0. The minimum atomic E-state index is 1.06. The third kappa shape index (κ3) is 1.23. The molecule has 0 heteroatoms. The lowest BCUT2D eigenvalue weighted by Gasteiger charge is -2.05. The van der Waals surface area contributed by atoms with Gasteiger partial charge in [0.05, 0.1) is 0 Å². The van der Waals surface area contributed by atoms with Crippen LogP contribution in [-0.2, 0) is 6.42 Å². The van der Waals surface area contributed by atoms with Crippen molar-refractivity contribution in [3.05, 3.63) is 65.2 Å². The van der Waals surface area contributed by atoms with E-state index in [2.05, 4.69) is 49.9 Å². The smallest absolute Gasteiger partial charge is 0.00131 e. The van der Waals surface area contributed by atoms with E-state index in [4.69, 9.17) is 0 Å². The summed E-state index contributed by atoms with van der Waals surface area (Å²) in [5.74, 6) is 0. The van der Waals surface area contributed by atoms with Crippen molar-refractivity contribution in [3.8, 4) is 11.1 Å². The van der Waals surface area contributed by atoms with Crippen LogP contribution in [0.5, 0.6) is 0 Å². The zero-order valence-electron chi connectivity index (χ0n) is 9.46. The molecule has 0 aromatic heterocycles. The lowest BCUT2D eigenvalue weighted by Crippen LogP contribution is -1.82. The highest BCUT2D eigenvalue weighted by Crippen LogP contribution is 2.38. The Morgan fingerprint density at radius 1 is 1.12 bits per heavy atom. The molecule has 2 aromatic rings. The predicted molar refractivity (Wildman–Crippen MR) is 69.5 cm³/mol. The Balaban J connectivity index is 2.26. The lowest BCUT2D eigenvalue weighted by atomic mass is 10.00. The van der Waals surface area contributed by atoms with E-state index >= 15 is 0 Å². The molecule has 0 spiro atoms. The van der Waals surface area contributed by atoms with Crippen LogP contribution in [0.2, 0.25) is 0 Å². The molecule has 1 aliphatic rings. The summed E-state index contributed by atoms with van der Waals surface area (Å²) in [6.45, 7) is 6.01. The largest absolute Gasteiger partial charge is 0.0985 e. The summed E-state index contributed by atoms with van der Waals surface area (Å²) < 4.78 is 0. The third-order valence-electron chi connectivity index (χ3n) is 3.37. The van der Waals surface area contributed by atoms with Crippen molar-refractivity contribution in [1.29, 1.82) is 0 Å². The fourth-order valence-electron chi connectivity index (χ4n) is 2.60. The van der Waals surface area contributed by atoms with Crippen molar-refractivity contribution in [1.82, 2.24) is 0 Å². The van der Waals surface area contributed by atoms with Crippen LogP contribution in [0, 0.1) is 6.92 Å². The summed E-state index contributed by atoms with van der Waals surface area (Å²) in [4.78, 5) is 0.